The van der Waals surface area contributed by atoms with Crippen molar-refractivity contribution in [3.63, 3.8) is 0 Å². The number of methoxy groups -OCH3 is 1. The Balaban J connectivity index is 1.49. The van der Waals surface area contributed by atoms with E-state index in [-0.39, 0.29) is 11.3 Å². The molecular formula is C22H25N3O4. The molecule has 7 heteroatoms. The average Bonchev–Trinajstić information content (AvgIpc) is 3.37. The van der Waals surface area contributed by atoms with Gasteiger partial charge in [0.1, 0.15) is 17.3 Å². The Kier molecular flexibility index (Phi) is 5.13. The van der Waals surface area contributed by atoms with E-state index in [1.807, 2.05) is 29.2 Å². The fourth-order valence-corrected chi connectivity index (χ4v) is 3.87. The lowest BCUT2D eigenvalue weighted by Gasteiger charge is -2.38. The molecule has 1 unspecified atom stereocenters. The molecule has 3 heterocycles. The van der Waals surface area contributed by atoms with Crippen molar-refractivity contribution in [2.75, 3.05) is 20.2 Å². The van der Waals surface area contributed by atoms with Crippen molar-refractivity contribution in [2.24, 2.45) is 0 Å². The van der Waals surface area contributed by atoms with Gasteiger partial charge in [0, 0.05) is 25.6 Å². The number of ether oxygens (including phenoxy) is 1. The van der Waals surface area contributed by atoms with Crippen LogP contribution in [-0.2, 0) is 11.8 Å². The number of likely N-dealkylation sites (tertiary alicyclic amines) is 1. The molecule has 0 aliphatic carbocycles. The van der Waals surface area contributed by atoms with Crippen LogP contribution in [0.25, 0.3) is 0 Å². The van der Waals surface area contributed by atoms with Crippen molar-refractivity contribution in [3.05, 3.63) is 65.2 Å². The Bertz CT molecular complexity index is 1010. The number of aromatic nitrogens is 2. The predicted octanol–water partition coefficient (Wildman–Crippen LogP) is 3.76. The van der Waals surface area contributed by atoms with E-state index in [1.165, 1.54) is 0 Å². The molecule has 3 aromatic rings. The summed E-state index contributed by atoms with van der Waals surface area (Å²) in [6.07, 6.45) is 4.21. The number of piperidine rings is 1. The summed E-state index contributed by atoms with van der Waals surface area (Å²) < 4.78 is 16.5. The fraction of sp³-hybridized carbons (Fsp3) is 0.409. The molecule has 4 rings (SSSR count). The quantitative estimate of drug-likeness (QED) is 0.654. The minimum Gasteiger partial charge on any atom is -0.497 e. The highest BCUT2D eigenvalue weighted by atomic mass is 16.5. The molecule has 1 aliphatic heterocycles. The number of rotatable bonds is 5. The molecular weight excluding hydrogens is 370 g/mol. The molecule has 7 nitrogen and oxygen atoms in total. The first kappa shape index (κ1) is 19.2. The van der Waals surface area contributed by atoms with E-state index in [0.717, 1.165) is 29.9 Å². The van der Waals surface area contributed by atoms with Crippen LogP contribution in [0.4, 0.5) is 0 Å². The third kappa shape index (κ3) is 4.04. The molecule has 152 valence electrons. The summed E-state index contributed by atoms with van der Waals surface area (Å²) in [5.74, 6) is 2.80. The molecule has 2 aromatic heterocycles. The predicted molar refractivity (Wildman–Crippen MR) is 106 cm³/mol. The first-order valence-electron chi connectivity index (χ1n) is 9.77. The van der Waals surface area contributed by atoms with Crippen molar-refractivity contribution in [1.82, 2.24) is 15.0 Å². The largest absolute Gasteiger partial charge is 0.497 e. The van der Waals surface area contributed by atoms with Crippen LogP contribution >= 0.6 is 0 Å². The number of carbonyl (C=O) groups is 1. The number of carbonyl (C=O) groups excluding carboxylic acids is 1. The number of amides is 1. The van der Waals surface area contributed by atoms with Gasteiger partial charge in [0.15, 0.2) is 5.69 Å². The van der Waals surface area contributed by atoms with Crippen LogP contribution in [0.1, 0.15) is 53.2 Å². The molecule has 0 radical (unpaired) electrons. The van der Waals surface area contributed by atoms with E-state index >= 15 is 0 Å². The van der Waals surface area contributed by atoms with Crippen LogP contribution in [0.2, 0.25) is 0 Å². The Morgan fingerprint density at radius 2 is 2.21 bits per heavy atom. The van der Waals surface area contributed by atoms with Crippen molar-refractivity contribution in [1.29, 1.82) is 0 Å². The number of aryl methyl sites for hydroxylation is 1. The summed E-state index contributed by atoms with van der Waals surface area (Å²) in [4.78, 5) is 19.1. The van der Waals surface area contributed by atoms with Crippen LogP contribution in [0, 0.1) is 6.92 Å². The van der Waals surface area contributed by atoms with E-state index in [4.69, 9.17) is 13.7 Å². The average molecular weight is 395 g/mol. The first-order valence-corrected chi connectivity index (χ1v) is 9.77. The summed E-state index contributed by atoms with van der Waals surface area (Å²) in [7, 11) is 1.66. The Hall–Kier alpha value is -3.09. The van der Waals surface area contributed by atoms with Gasteiger partial charge in [-0.05, 0) is 44.4 Å². The van der Waals surface area contributed by atoms with Gasteiger partial charge in [-0.25, -0.2) is 4.98 Å². The summed E-state index contributed by atoms with van der Waals surface area (Å²) in [5, 5.41) is 3.86. The van der Waals surface area contributed by atoms with Crippen molar-refractivity contribution >= 4 is 5.91 Å². The zero-order chi connectivity index (χ0) is 20.4. The standard InChI is InChI=1S/C22H25N3O4/c1-15-10-19(24-29-15)20(26)25-9-5-8-22(2,14-25)21-23-13-18(28-21)12-16-6-4-7-17(11-16)27-3/h4,6-7,10-11,13H,5,8-9,12,14H2,1-3H3. The van der Waals surface area contributed by atoms with Gasteiger partial charge >= 0.3 is 0 Å². The summed E-state index contributed by atoms with van der Waals surface area (Å²) in [6, 6.07) is 9.58. The lowest BCUT2D eigenvalue weighted by molar-refractivity contribution is 0.0615. The number of benzene rings is 1. The molecule has 1 aromatic carbocycles. The second kappa shape index (κ2) is 7.73. The number of hydrogen-bond donors (Lipinski definition) is 0. The second-order valence-corrected chi connectivity index (χ2v) is 7.87. The van der Waals surface area contributed by atoms with Gasteiger partial charge in [-0.2, -0.15) is 0 Å². The molecule has 1 amide bonds. The van der Waals surface area contributed by atoms with Gasteiger partial charge < -0.3 is 18.6 Å². The van der Waals surface area contributed by atoms with Crippen LogP contribution in [0.15, 0.2) is 45.5 Å². The maximum absolute atomic E-state index is 12.8. The first-order chi connectivity index (χ1) is 14.0. The van der Waals surface area contributed by atoms with Gasteiger partial charge in [0.05, 0.1) is 18.7 Å². The molecule has 1 saturated heterocycles. The summed E-state index contributed by atoms with van der Waals surface area (Å²) in [5.41, 5.74) is 1.11. The summed E-state index contributed by atoms with van der Waals surface area (Å²) >= 11 is 0. The van der Waals surface area contributed by atoms with Crippen LogP contribution in [-0.4, -0.2) is 41.1 Å². The molecule has 0 bridgehead atoms. The molecule has 0 spiro atoms. The highest BCUT2D eigenvalue weighted by molar-refractivity contribution is 5.92. The van der Waals surface area contributed by atoms with E-state index in [0.29, 0.717) is 36.9 Å². The maximum Gasteiger partial charge on any atom is 0.276 e. The number of oxazole rings is 1. The van der Waals surface area contributed by atoms with Gasteiger partial charge in [-0.15, -0.1) is 0 Å². The van der Waals surface area contributed by atoms with E-state index in [9.17, 15) is 4.79 Å². The molecule has 0 saturated carbocycles. The van der Waals surface area contributed by atoms with Gasteiger partial charge in [0.25, 0.3) is 5.91 Å². The van der Waals surface area contributed by atoms with Gasteiger partial charge in [0.2, 0.25) is 5.89 Å². The highest BCUT2D eigenvalue weighted by Gasteiger charge is 2.39. The van der Waals surface area contributed by atoms with Crippen LogP contribution < -0.4 is 4.74 Å². The van der Waals surface area contributed by atoms with Crippen LogP contribution in [0.5, 0.6) is 5.75 Å². The third-order valence-corrected chi connectivity index (χ3v) is 5.41. The van der Waals surface area contributed by atoms with Gasteiger partial charge in [-0.3, -0.25) is 4.79 Å². The minimum absolute atomic E-state index is 0.115. The monoisotopic (exact) mass is 395 g/mol. The maximum atomic E-state index is 12.8. The second-order valence-electron chi connectivity index (χ2n) is 7.87. The Morgan fingerprint density at radius 1 is 1.34 bits per heavy atom. The normalized spacial score (nSPS) is 19.3. The summed E-state index contributed by atoms with van der Waals surface area (Å²) in [6.45, 7) is 5.11. The Labute approximate surface area is 169 Å². The van der Waals surface area contributed by atoms with Gasteiger partial charge in [-0.1, -0.05) is 17.3 Å². The zero-order valence-electron chi connectivity index (χ0n) is 17.0. The smallest absolute Gasteiger partial charge is 0.276 e. The number of nitrogens with zero attached hydrogens (tertiary/aromatic N) is 3. The van der Waals surface area contributed by atoms with Crippen LogP contribution in [0.3, 0.4) is 0 Å². The van der Waals surface area contributed by atoms with E-state index in [2.05, 4.69) is 17.1 Å². The van der Waals surface area contributed by atoms with Crippen molar-refractivity contribution in [2.45, 2.75) is 38.5 Å². The zero-order valence-corrected chi connectivity index (χ0v) is 17.0. The molecule has 0 N–H and O–H groups in total. The molecule has 29 heavy (non-hydrogen) atoms. The highest BCUT2D eigenvalue weighted by Crippen LogP contribution is 2.34. The lowest BCUT2D eigenvalue weighted by atomic mass is 9.81. The molecule has 1 atom stereocenters. The topological polar surface area (TPSA) is 81.6 Å². The Morgan fingerprint density at radius 3 is 2.97 bits per heavy atom. The lowest BCUT2D eigenvalue weighted by Crippen LogP contribution is -2.47. The SMILES string of the molecule is COc1cccc(Cc2cnc(C3(C)CCCN(C(=O)c4cc(C)on4)C3)o2)c1. The fourth-order valence-electron chi connectivity index (χ4n) is 3.87. The number of hydrogen-bond acceptors (Lipinski definition) is 6. The molecule has 1 fully saturated rings. The molecule has 1 aliphatic rings. The third-order valence-electron chi connectivity index (χ3n) is 5.41. The van der Waals surface area contributed by atoms with E-state index < -0.39 is 0 Å². The van der Waals surface area contributed by atoms with E-state index in [1.54, 1.807) is 26.3 Å². The van der Waals surface area contributed by atoms with Crippen molar-refractivity contribution < 1.29 is 18.5 Å². The minimum atomic E-state index is -0.334. The van der Waals surface area contributed by atoms with Crippen molar-refractivity contribution in [3.8, 4) is 5.75 Å².